The van der Waals surface area contributed by atoms with Crippen molar-refractivity contribution >= 4 is 22.8 Å². The van der Waals surface area contributed by atoms with Gasteiger partial charge >= 0.3 is 0 Å². The summed E-state index contributed by atoms with van der Waals surface area (Å²) in [6.45, 7) is 0. The lowest BCUT2D eigenvalue weighted by Crippen LogP contribution is -2.20. The molecule has 0 saturated heterocycles. The van der Waals surface area contributed by atoms with E-state index in [0.29, 0.717) is 0 Å². The fourth-order valence-electron chi connectivity index (χ4n) is 4.88. The number of benzene rings is 4. The second-order valence-corrected chi connectivity index (χ2v) is 8.37. The zero-order valence-corrected chi connectivity index (χ0v) is 17.7. The van der Waals surface area contributed by atoms with Gasteiger partial charge in [-0.05, 0) is 34.4 Å². The highest BCUT2D eigenvalue weighted by molar-refractivity contribution is 5.85. The number of allylic oxidation sites excluding steroid dienone is 2. The minimum Gasteiger partial charge on any atom is -0.355 e. The average Bonchev–Trinajstić information content (AvgIpc) is 2.88. The average molecular weight is 413 g/mol. The van der Waals surface area contributed by atoms with Gasteiger partial charge < -0.3 is 10.6 Å². The molecule has 0 aliphatic carbocycles. The van der Waals surface area contributed by atoms with Crippen LogP contribution < -0.4 is 10.6 Å². The number of fused-ring (bicyclic) bond motifs is 2. The molecular weight excluding hydrogens is 388 g/mol. The van der Waals surface area contributed by atoms with Crippen LogP contribution in [-0.2, 0) is 0 Å². The molecular formula is C30H24N2. The van der Waals surface area contributed by atoms with E-state index in [4.69, 9.17) is 0 Å². The summed E-state index contributed by atoms with van der Waals surface area (Å²) < 4.78 is 0. The largest absolute Gasteiger partial charge is 0.355 e. The van der Waals surface area contributed by atoms with Crippen molar-refractivity contribution in [2.24, 2.45) is 0 Å². The maximum absolute atomic E-state index is 3.67. The van der Waals surface area contributed by atoms with E-state index in [0.717, 1.165) is 0 Å². The molecule has 0 saturated carbocycles. The highest BCUT2D eigenvalue weighted by Crippen LogP contribution is 2.48. The van der Waals surface area contributed by atoms with Gasteiger partial charge in [0.25, 0.3) is 0 Å². The number of hydrogen-bond acceptors (Lipinski definition) is 2. The Morgan fingerprint density at radius 2 is 0.781 bits per heavy atom. The standard InChI is InChI=1S/C30H24N2/c1-3-11-21(12-4-1)29-19-25(23-15-7-9-17-27(23)31-29)26-20-30(22-13-5-2-6-14-22)32-28-18-10-8-16-24(26)28/h1-20,25-26,31-32H. The molecule has 2 heterocycles. The Hall–Kier alpha value is -4.04. The molecule has 0 aromatic heterocycles. The van der Waals surface area contributed by atoms with Gasteiger partial charge in [-0.1, -0.05) is 109 Å². The number of rotatable bonds is 3. The summed E-state index contributed by atoms with van der Waals surface area (Å²) in [7, 11) is 0. The summed E-state index contributed by atoms with van der Waals surface area (Å²) >= 11 is 0. The van der Waals surface area contributed by atoms with E-state index < -0.39 is 0 Å². The Bertz CT molecular complexity index is 1210. The van der Waals surface area contributed by atoms with Gasteiger partial charge in [-0.25, -0.2) is 0 Å². The Morgan fingerprint density at radius 1 is 0.406 bits per heavy atom. The quantitative estimate of drug-likeness (QED) is 0.364. The molecule has 2 aliphatic heterocycles. The first-order chi connectivity index (χ1) is 15.9. The molecule has 0 spiro atoms. The van der Waals surface area contributed by atoms with Crippen molar-refractivity contribution in [1.29, 1.82) is 0 Å². The Balaban J connectivity index is 1.53. The van der Waals surface area contributed by atoms with Crippen molar-refractivity contribution < 1.29 is 0 Å². The topological polar surface area (TPSA) is 24.1 Å². The van der Waals surface area contributed by atoms with Gasteiger partial charge in [-0.3, -0.25) is 0 Å². The van der Waals surface area contributed by atoms with Crippen LogP contribution in [0.1, 0.15) is 34.1 Å². The Morgan fingerprint density at radius 3 is 1.22 bits per heavy atom. The zero-order chi connectivity index (χ0) is 21.3. The molecule has 6 rings (SSSR count). The third-order valence-corrected chi connectivity index (χ3v) is 6.43. The smallest absolute Gasteiger partial charge is 0.0423 e. The lowest BCUT2D eigenvalue weighted by Gasteiger charge is -2.35. The minimum absolute atomic E-state index is 0.226. The molecule has 0 radical (unpaired) electrons. The van der Waals surface area contributed by atoms with Crippen LogP contribution in [0.4, 0.5) is 11.4 Å². The van der Waals surface area contributed by atoms with Crippen LogP contribution >= 0.6 is 0 Å². The van der Waals surface area contributed by atoms with Crippen LogP contribution in [0.15, 0.2) is 121 Å². The van der Waals surface area contributed by atoms with Crippen LogP contribution in [0.2, 0.25) is 0 Å². The van der Waals surface area contributed by atoms with E-state index in [1.54, 1.807) is 0 Å². The summed E-state index contributed by atoms with van der Waals surface area (Å²) in [5, 5.41) is 7.35. The molecule has 4 aromatic rings. The first kappa shape index (κ1) is 18.7. The molecule has 154 valence electrons. The van der Waals surface area contributed by atoms with Crippen molar-refractivity contribution in [3.8, 4) is 0 Å². The van der Waals surface area contributed by atoms with Crippen molar-refractivity contribution in [2.75, 3.05) is 10.6 Å². The Labute approximate surface area is 189 Å². The Kier molecular flexibility index (Phi) is 4.62. The van der Waals surface area contributed by atoms with Crippen LogP contribution in [0, 0.1) is 0 Å². The third kappa shape index (κ3) is 3.30. The fraction of sp³-hybridized carbons (Fsp3) is 0.0667. The van der Waals surface area contributed by atoms with Gasteiger partial charge in [-0.15, -0.1) is 0 Å². The molecule has 2 heteroatoms. The summed E-state index contributed by atoms with van der Waals surface area (Å²) in [6.07, 6.45) is 4.81. The predicted octanol–water partition coefficient (Wildman–Crippen LogP) is 7.49. The molecule has 2 unspecified atom stereocenters. The maximum atomic E-state index is 3.67. The van der Waals surface area contributed by atoms with Crippen molar-refractivity contribution in [3.63, 3.8) is 0 Å². The van der Waals surface area contributed by atoms with Crippen molar-refractivity contribution in [1.82, 2.24) is 0 Å². The number of hydrogen-bond donors (Lipinski definition) is 2. The van der Waals surface area contributed by atoms with Crippen LogP contribution in [-0.4, -0.2) is 0 Å². The maximum Gasteiger partial charge on any atom is 0.0423 e. The number of nitrogens with one attached hydrogen (secondary N) is 2. The molecule has 0 bridgehead atoms. The van der Waals surface area contributed by atoms with Gasteiger partial charge in [0.15, 0.2) is 0 Å². The minimum atomic E-state index is 0.226. The lowest BCUT2D eigenvalue weighted by molar-refractivity contribution is 0.733. The fourth-order valence-corrected chi connectivity index (χ4v) is 4.88. The molecule has 4 aromatic carbocycles. The molecule has 0 amide bonds. The van der Waals surface area contributed by atoms with E-state index in [1.807, 2.05) is 0 Å². The van der Waals surface area contributed by atoms with Gasteiger partial charge in [0.05, 0.1) is 0 Å². The SMILES string of the molecule is C1=C(c2ccccc2)Nc2ccccc2C1C1C=C(c2ccccc2)Nc2ccccc21. The second-order valence-electron chi connectivity index (χ2n) is 8.37. The summed E-state index contributed by atoms with van der Waals surface area (Å²) in [5.41, 5.74) is 9.78. The van der Waals surface area contributed by atoms with Gasteiger partial charge in [0, 0.05) is 34.6 Å². The van der Waals surface area contributed by atoms with Gasteiger partial charge in [0.2, 0.25) is 0 Å². The molecule has 2 nitrogen and oxygen atoms in total. The number of para-hydroxylation sites is 2. The zero-order valence-electron chi connectivity index (χ0n) is 17.7. The monoisotopic (exact) mass is 412 g/mol. The lowest BCUT2D eigenvalue weighted by atomic mass is 9.76. The molecule has 2 N–H and O–H groups in total. The van der Waals surface area contributed by atoms with E-state index in [1.165, 1.54) is 45.0 Å². The first-order valence-corrected chi connectivity index (χ1v) is 11.1. The highest BCUT2D eigenvalue weighted by atomic mass is 14.9. The van der Waals surface area contributed by atoms with E-state index >= 15 is 0 Å². The summed E-state index contributed by atoms with van der Waals surface area (Å²) in [5.74, 6) is 0.453. The van der Waals surface area contributed by atoms with Crippen LogP contribution in [0.25, 0.3) is 11.4 Å². The highest BCUT2D eigenvalue weighted by Gasteiger charge is 2.31. The summed E-state index contributed by atoms with van der Waals surface area (Å²) in [6, 6.07) is 38.6. The van der Waals surface area contributed by atoms with Gasteiger partial charge in [-0.2, -0.15) is 0 Å². The number of anilines is 2. The molecule has 0 fully saturated rings. The second kappa shape index (κ2) is 7.90. The van der Waals surface area contributed by atoms with Crippen molar-refractivity contribution in [2.45, 2.75) is 11.8 Å². The van der Waals surface area contributed by atoms with Crippen LogP contribution in [0.3, 0.4) is 0 Å². The summed E-state index contributed by atoms with van der Waals surface area (Å²) in [4.78, 5) is 0. The molecule has 2 atom stereocenters. The van der Waals surface area contributed by atoms with Gasteiger partial charge in [0.1, 0.15) is 0 Å². The third-order valence-electron chi connectivity index (χ3n) is 6.43. The van der Waals surface area contributed by atoms with Crippen LogP contribution in [0.5, 0.6) is 0 Å². The predicted molar refractivity (Wildman–Crippen MR) is 134 cm³/mol. The first-order valence-electron chi connectivity index (χ1n) is 11.1. The van der Waals surface area contributed by atoms with Crippen molar-refractivity contribution in [3.05, 3.63) is 144 Å². The van der Waals surface area contributed by atoms with E-state index in [2.05, 4.69) is 132 Å². The van der Waals surface area contributed by atoms with E-state index in [-0.39, 0.29) is 11.8 Å². The molecule has 32 heavy (non-hydrogen) atoms. The molecule has 2 aliphatic rings. The normalized spacial score (nSPS) is 18.9. The van der Waals surface area contributed by atoms with E-state index in [9.17, 15) is 0 Å².